The van der Waals surface area contributed by atoms with E-state index in [9.17, 15) is 0 Å². The molecule has 0 saturated heterocycles. The highest BCUT2D eigenvalue weighted by Crippen LogP contribution is 2.20. The predicted octanol–water partition coefficient (Wildman–Crippen LogP) is 1.00. The van der Waals surface area contributed by atoms with Crippen LogP contribution in [0.2, 0.25) is 0 Å². The Morgan fingerprint density at radius 1 is 1.45 bits per heavy atom. The number of hydrogen-bond donors (Lipinski definition) is 2. The highest BCUT2D eigenvalue weighted by Gasteiger charge is 2.05. The summed E-state index contributed by atoms with van der Waals surface area (Å²) in [5.74, 6) is 0.889. The van der Waals surface area contributed by atoms with E-state index >= 15 is 0 Å². The van der Waals surface area contributed by atoms with E-state index in [0.29, 0.717) is 13.1 Å². The fraction of sp³-hybridized carbons (Fsp3) is 0.429. The SMILES string of the molecule is NCCc1cc(CN)c(Br)o1. The van der Waals surface area contributed by atoms with Crippen LogP contribution in [0.1, 0.15) is 11.3 Å². The molecule has 1 aromatic heterocycles. The quantitative estimate of drug-likeness (QED) is 0.796. The van der Waals surface area contributed by atoms with Crippen molar-refractivity contribution in [3.8, 4) is 0 Å². The van der Waals surface area contributed by atoms with Gasteiger partial charge in [0.25, 0.3) is 0 Å². The van der Waals surface area contributed by atoms with Gasteiger partial charge in [-0.1, -0.05) is 0 Å². The lowest BCUT2D eigenvalue weighted by atomic mass is 10.3. The van der Waals surface area contributed by atoms with Gasteiger partial charge in [-0.2, -0.15) is 0 Å². The molecule has 0 unspecified atom stereocenters. The molecule has 3 nitrogen and oxygen atoms in total. The maximum Gasteiger partial charge on any atom is 0.173 e. The summed E-state index contributed by atoms with van der Waals surface area (Å²) >= 11 is 3.26. The molecule has 0 atom stereocenters. The maximum absolute atomic E-state index is 5.44. The summed E-state index contributed by atoms with van der Waals surface area (Å²) in [6, 6.07) is 1.93. The fourth-order valence-corrected chi connectivity index (χ4v) is 1.35. The smallest absolute Gasteiger partial charge is 0.173 e. The highest BCUT2D eigenvalue weighted by atomic mass is 79.9. The lowest BCUT2D eigenvalue weighted by Crippen LogP contribution is -2.01. The molecule has 4 N–H and O–H groups in total. The Morgan fingerprint density at radius 2 is 2.18 bits per heavy atom. The van der Waals surface area contributed by atoms with E-state index < -0.39 is 0 Å². The number of halogens is 1. The van der Waals surface area contributed by atoms with Gasteiger partial charge in [-0.15, -0.1) is 0 Å². The van der Waals surface area contributed by atoms with Gasteiger partial charge in [-0.05, 0) is 28.5 Å². The summed E-state index contributed by atoms with van der Waals surface area (Å²) < 4.78 is 6.03. The lowest BCUT2D eigenvalue weighted by molar-refractivity contribution is 0.486. The Kier molecular flexibility index (Phi) is 3.11. The second-order valence-corrected chi connectivity index (χ2v) is 2.97. The molecule has 0 aliphatic rings. The van der Waals surface area contributed by atoms with Crippen molar-refractivity contribution in [2.75, 3.05) is 6.54 Å². The second kappa shape index (κ2) is 3.90. The standard InChI is InChI=1S/C7H11BrN2O/c8-7-5(4-10)3-6(11-7)1-2-9/h3H,1-2,4,9-10H2. The minimum absolute atomic E-state index is 0.495. The summed E-state index contributed by atoms with van der Waals surface area (Å²) in [5, 5.41) is 0. The molecule has 1 rings (SSSR count). The molecule has 0 aliphatic heterocycles. The first kappa shape index (κ1) is 8.77. The third-order valence-electron chi connectivity index (χ3n) is 1.42. The first-order valence-corrected chi connectivity index (χ1v) is 4.24. The Labute approximate surface area is 73.9 Å². The van der Waals surface area contributed by atoms with Crippen molar-refractivity contribution in [3.63, 3.8) is 0 Å². The van der Waals surface area contributed by atoms with Crippen LogP contribution in [0.25, 0.3) is 0 Å². The van der Waals surface area contributed by atoms with Crippen molar-refractivity contribution in [1.29, 1.82) is 0 Å². The molecule has 1 aromatic rings. The van der Waals surface area contributed by atoms with Gasteiger partial charge in [0.05, 0.1) is 0 Å². The van der Waals surface area contributed by atoms with Crippen LogP contribution in [-0.4, -0.2) is 6.54 Å². The van der Waals surface area contributed by atoms with Crippen LogP contribution in [0.4, 0.5) is 0 Å². The van der Waals surface area contributed by atoms with E-state index in [1.54, 1.807) is 0 Å². The normalized spacial score (nSPS) is 10.5. The third kappa shape index (κ3) is 2.05. The molecule has 0 bridgehead atoms. The largest absolute Gasteiger partial charge is 0.454 e. The summed E-state index contributed by atoms with van der Waals surface area (Å²) in [5.41, 5.74) is 11.8. The maximum atomic E-state index is 5.44. The first-order valence-electron chi connectivity index (χ1n) is 3.45. The number of rotatable bonds is 3. The molecule has 0 aliphatic carbocycles. The fourth-order valence-electron chi connectivity index (χ4n) is 0.866. The monoisotopic (exact) mass is 218 g/mol. The molecule has 0 saturated carbocycles. The molecule has 4 heteroatoms. The van der Waals surface area contributed by atoms with Gasteiger partial charge in [0, 0.05) is 18.5 Å². The minimum Gasteiger partial charge on any atom is -0.454 e. The number of furan rings is 1. The van der Waals surface area contributed by atoms with Gasteiger partial charge in [0.1, 0.15) is 5.76 Å². The van der Waals surface area contributed by atoms with Gasteiger partial charge >= 0.3 is 0 Å². The van der Waals surface area contributed by atoms with Gasteiger partial charge in [0.15, 0.2) is 4.67 Å². The van der Waals surface area contributed by atoms with Crippen LogP contribution in [0.15, 0.2) is 15.2 Å². The topological polar surface area (TPSA) is 65.2 Å². The van der Waals surface area contributed by atoms with Gasteiger partial charge in [0.2, 0.25) is 0 Å². The van der Waals surface area contributed by atoms with Crippen LogP contribution in [-0.2, 0) is 13.0 Å². The highest BCUT2D eigenvalue weighted by molar-refractivity contribution is 9.10. The molecule has 0 amide bonds. The van der Waals surface area contributed by atoms with Crippen LogP contribution in [0, 0.1) is 0 Å². The Balaban J connectivity index is 2.77. The molecular weight excluding hydrogens is 208 g/mol. The van der Waals surface area contributed by atoms with Crippen molar-refractivity contribution >= 4 is 15.9 Å². The van der Waals surface area contributed by atoms with Crippen LogP contribution < -0.4 is 11.5 Å². The summed E-state index contributed by atoms with van der Waals surface area (Å²) in [4.78, 5) is 0. The van der Waals surface area contributed by atoms with E-state index in [4.69, 9.17) is 15.9 Å². The van der Waals surface area contributed by atoms with E-state index in [1.165, 1.54) is 0 Å². The molecule has 0 fully saturated rings. The number of nitrogens with two attached hydrogens (primary N) is 2. The van der Waals surface area contributed by atoms with Crippen LogP contribution in [0.5, 0.6) is 0 Å². The average molecular weight is 219 g/mol. The zero-order valence-corrected chi connectivity index (χ0v) is 7.73. The molecule has 11 heavy (non-hydrogen) atoms. The Hall–Kier alpha value is -0.320. The molecular formula is C7H11BrN2O. The molecule has 0 aromatic carbocycles. The molecule has 0 spiro atoms. The minimum atomic E-state index is 0.495. The third-order valence-corrected chi connectivity index (χ3v) is 2.09. The molecule has 0 radical (unpaired) electrons. The van der Waals surface area contributed by atoms with Gasteiger partial charge in [-0.25, -0.2) is 0 Å². The van der Waals surface area contributed by atoms with E-state index in [2.05, 4.69) is 15.9 Å². The van der Waals surface area contributed by atoms with Crippen LogP contribution in [0.3, 0.4) is 0 Å². The van der Waals surface area contributed by atoms with Crippen molar-refractivity contribution in [2.24, 2.45) is 11.5 Å². The Morgan fingerprint density at radius 3 is 2.64 bits per heavy atom. The van der Waals surface area contributed by atoms with E-state index in [0.717, 1.165) is 22.4 Å². The molecule has 1 heterocycles. The average Bonchev–Trinajstić information content (AvgIpc) is 2.32. The summed E-state index contributed by atoms with van der Waals surface area (Å²) in [6.07, 6.45) is 0.762. The lowest BCUT2D eigenvalue weighted by Gasteiger charge is -1.87. The molecule has 62 valence electrons. The van der Waals surface area contributed by atoms with E-state index in [-0.39, 0.29) is 0 Å². The van der Waals surface area contributed by atoms with Crippen molar-refractivity contribution < 1.29 is 4.42 Å². The Bertz CT molecular complexity index is 234. The van der Waals surface area contributed by atoms with Gasteiger partial charge < -0.3 is 15.9 Å². The van der Waals surface area contributed by atoms with Crippen LogP contribution >= 0.6 is 15.9 Å². The first-order chi connectivity index (χ1) is 5.27. The zero-order valence-electron chi connectivity index (χ0n) is 6.14. The second-order valence-electron chi connectivity index (χ2n) is 2.25. The summed E-state index contributed by atoms with van der Waals surface area (Å²) in [7, 11) is 0. The van der Waals surface area contributed by atoms with Crippen molar-refractivity contribution in [2.45, 2.75) is 13.0 Å². The van der Waals surface area contributed by atoms with E-state index in [1.807, 2.05) is 6.07 Å². The summed E-state index contributed by atoms with van der Waals surface area (Å²) in [6.45, 7) is 1.10. The van der Waals surface area contributed by atoms with Crippen molar-refractivity contribution in [1.82, 2.24) is 0 Å². The van der Waals surface area contributed by atoms with Crippen molar-refractivity contribution in [3.05, 3.63) is 22.1 Å². The number of hydrogen-bond acceptors (Lipinski definition) is 3. The zero-order chi connectivity index (χ0) is 8.27. The predicted molar refractivity (Wildman–Crippen MR) is 47.1 cm³/mol. The van der Waals surface area contributed by atoms with Gasteiger partial charge in [-0.3, -0.25) is 0 Å².